The van der Waals surface area contributed by atoms with Crippen molar-refractivity contribution >= 4 is 56.8 Å². The van der Waals surface area contributed by atoms with Crippen LogP contribution in [0.15, 0.2) is 75.1 Å². The Bertz CT molecular complexity index is 1280. The van der Waals surface area contributed by atoms with Crippen molar-refractivity contribution in [3.8, 4) is 0 Å². The Morgan fingerprint density at radius 3 is 2.60 bits per heavy atom. The summed E-state index contributed by atoms with van der Waals surface area (Å²) >= 11 is 9.62. The van der Waals surface area contributed by atoms with E-state index in [1.165, 1.54) is 18.5 Å². The molecule has 0 unspecified atom stereocenters. The number of methoxy groups -OCH3 is 2. The van der Waals surface area contributed by atoms with Gasteiger partial charge in [-0.15, -0.1) is 0 Å². The second-order valence-electron chi connectivity index (χ2n) is 7.76. The number of aliphatic hydroxyl groups excluding tert-OH is 1. The third-order valence-corrected chi connectivity index (χ3v) is 6.02. The molecule has 2 aromatic carbocycles. The number of ether oxygens (including phenoxy) is 2. The van der Waals surface area contributed by atoms with Crippen LogP contribution in [0.3, 0.4) is 0 Å². The third-order valence-electron chi connectivity index (χ3n) is 5.22. The molecule has 3 rings (SSSR count). The zero-order valence-electron chi connectivity index (χ0n) is 22.7. The number of aliphatic imine (C=N–C) groups is 1. The predicted octanol–water partition coefficient (Wildman–Crippen LogP) is 6.50. The number of hydrogen-bond acceptors (Lipinski definition) is 7. The molecule has 0 spiro atoms. The summed E-state index contributed by atoms with van der Waals surface area (Å²) in [5, 5.41) is 14.9. The van der Waals surface area contributed by atoms with Gasteiger partial charge in [0.05, 0.1) is 68.0 Å². The number of rotatable bonds is 12. The minimum Gasteiger partial charge on any atom is -0.501 e. The summed E-state index contributed by atoms with van der Waals surface area (Å²) in [7, 11) is 3.17. The van der Waals surface area contributed by atoms with Gasteiger partial charge < -0.3 is 25.2 Å². The number of carbonyl (C=O) groups excluding carboxylic acids is 1. The highest BCUT2D eigenvalue weighted by Crippen LogP contribution is 2.33. The van der Waals surface area contributed by atoms with Crippen LogP contribution in [0.4, 0.5) is 21.5 Å². The molecule has 1 amide bonds. The van der Waals surface area contributed by atoms with Crippen LogP contribution in [0.1, 0.15) is 30.6 Å². The Balaban J connectivity index is 0.00000274. The average Bonchev–Trinajstić information content (AvgIpc) is 3.17. The molecule has 0 aliphatic heterocycles. The summed E-state index contributed by atoms with van der Waals surface area (Å²) < 4.78 is 27.0. The molecule has 40 heavy (non-hydrogen) atoms. The Kier molecular flexibility index (Phi) is 14.2. The topological polar surface area (TPSA) is 113 Å². The first-order valence-corrected chi connectivity index (χ1v) is 13.5. The summed E-state index contributed by atoms with van der Waals surface area (Å²) in [6.45, 7) is 3.90. The highest BCUT2D eigenvalue weighted by Gasteiger charge is 2.20. The highest BCUT2D eigenvalue weighted by atomic mass is 79.9. The second kappa shape index (κ2) is 17.3. The van der Waals surface area contributed by atoms with Crippen LogP contribution >= 0.6 is 27.5 Å². The van der Waals surface area contributed by atoms with Crippen LogP contribution in [-0.4, -0.2) is 51.3 Å². The van der Waals surface area contributed by atoms with Crippen molar-refractivity contribution in [3.05, 3.63) is 86.5 Å². The number of benzene rings is 2. The maximum atomic E-state index is 15.6. The van der Waals surface area contributed by atoms with E-state index < -0.39 is 11.7 Å². The van der Waals surface area contributed by atoms with E-state index in [0.29, 0.717) is 29.4 Å². The number of carbonyl (C=O) groups is 1. The molecule has 0 heterocycles. The van der Waals surface area contributed by atoms with Crippen molar-refractivity contribution in [1.82, 2.24) is 5.48 Å². The zero-order chi connectivity index (χ0) is 29.5. The van der Waals surface area contributed by atoms with Crippen LogP contribution in [0, 0.1) is 5.82 Å². The fraction of sp³-hybridized carbons (Fsp3) is 0.286. The van der Waals surface area contributed by atoms with Crippen molar-refractivity contribution < 1.29 is 28.6 Å². The van der Waals surface area contributed by atoms with E-state index >= 15 is 4.39 Å². The Hall–Kier alpha value is -3.38. The molecule has 12 heteroatoms. The largest absolute Gasteiger partial charge is 0.501 e. The van der Waals surface area contributed by atoms with Gasteiger partial charge in [-0.1, -0.05) is 47.5 Å². The molecule has 0 fully saturated rings. The molecule has 4 N–H and O–H groups in total. The number of amides is 1. The van der Waals surface area contributed by atoms with E-state index in [1.54, 1.807) is 38.5 Å². The Morgan fingerprint density at radius 1 is 1.18 bits per heavy atom. The number of halogens is 3. The summed E-state index contributed by atoms with van der Waals surface area (Å²) in [4.78, 5) is 21.9. The minimum atomic E-state index is -0.741. The number of hydroxylamine groups is 1. The summed E-state index contributed by atoms with van der Waals surface area (Å²) in [5.74, 6) is -0.0548. The van der Waals surface area contributed by atoms with E-state index in [-0.39, 0.29) is 30.2 Å². The normalized spacial score (nSPS) is 12.8. The fourth-order valence-corrected chi connectivity index (χ4v) is 4.03. The number of allylic oxidation sites excluding steroid dienone is 2. The molecule has 0 saturated heterocycles. The van der Waals surface area contributed by atoms with E-state index in [9.17, 15) is 4.79 Å². The van der Waals surface area contributed by atoms with Gasteiger partial charge >= 0.3 is 0 Å². The third kappa shape index (κ3) is 9.67. The fourth-order valence-electron chi connectivity index (χ4n) is 3.31. The van der Waals surface area contributed by atoms with E-state index in [0.717, 1.165) is 15.8 Å². The van der Waals surface area contributed by atoms with E-state index in [2.05, 4.69) is 37.0 Å². The molecule has 1 aliphatic rings. The first kappa shape index (κ1) is 32.8. The maximum Gasteiger partial charge on any atom is 0.277 e. The SMILES string of the molecule is CC.COC1=CC(CN=CNc2ccc(C(=O)NOCCO)c(Nc3ccc(Br)cc3Cl)c2F)=CCC(OC)=C1. The number of nitrogens with one attached hydrogen (secondary N) is 3. The van der Waals surface area contributed by atoms with Gasteiger partial charge in [0.25, 0.3) is 5.91 Å². The van der Waals surface area contributed by atoms with Crippen LogP contribution in [-0.2, 0) is 14.3 Å². The lowest BCUT2D eigenvalue weighted by Crippen LogP contribution is -2.26. The molecule has 0 atom stereocenters. The van der Waals surface area contributed by atoms with Crippen LogP contribution in [0.5, 0.6) is 0 Å². The van der Waals surface area contributed by atoms with Crippen LogP contribution < -0.4 is 16.1 Å². The smallest absolute Gasteiger partial charge is 0.277 e. The highest BCUT2D eigenvalue weighted by molar-refractivity contribution is 9.10. The first-order chi connectivity index (χ1) is 19.4. The quantitative estimate of drug-likeness (QED) is 0.0908. The lowest BCUT2D eigenvalue weighted by atomic mass is 10.1. The minimum absolute atomic E-state index is 0.0378. The molecule has 9 nitrogen and oxygen atoms in total. The predicted molar refractivity (Wildman–Crippen MR) is 161 cm³/mol. The van der Waals surface area contributed by atoms with Gasteiger partial charge in [-0.3, -0.25) is 14.6 Å². The molecule has 2 aromatic rings. The molecule has 0 radical (unpaired) electrons. The van der Waals surface area contributed by atoms with E-state index in [4.69, 9.17) is 31.0 Å². The summed E-state index contributed by atoms with van der Waals surface area (Å²) in [5.41, 5.74) is 3.36. The number of anilines is 3. The monoisotopic (exact) mass is 638 g/mol. The average molecular weight is 640 g/mol. The second-order valence-corrected chi connectivity index (χ2v) is 9.09. The van der Waals surface area contributed by atoms with Gasteiger partial charge in [0.1, 0.15) is 11.5 Å². The molecule has 1 aliphatic carbocycles. The standard InChI is InChI=1S/C26H27BrClFN4O5.C2H6/c1-36-18-5-3-16(11-19(13-18)37-2)14-30-15-31-23-8-6-20(26(35)33-38-10-9-34)25(24(23)29)32-22-7-4-17(27)12-21(22)28;1-2/h3-4,6-8,11-13,15,32,34H,5,9-10,14H2,1-2H3,(H,30,31)(H,33,35);1-2H3. The van der Waals surface area contributed by atoms with Gasteiger partial charge in [0.15, 0.2) is 5.82 Å². The van der Waals surface area contributed by atoms with Gasteiger partial charge in [-0.25, -0.2) is 9.87 Å². The van der Waals surface area contributed by atoms with Crippen molar-refractivity contribution in [2.75, 3.05) is 44.6 Å². The molecule has 0 saturated carbocycles. The number of hydrogen-bond donors (Lipinski definition) is 4. The first-order valence-electron chi connectivity index (χ1n) is 12.4. The molecule has 216 valence electrons. The molecule has 0 bridgehead atoms. The Labute approximate surface area is 246 Å². The summed E-state index contributed by atoms with van der Waals surface area (Å²) in [6, 6.07) is 7.83. The molecular weight excluding hydrogens is 607 g/mol. The maximum absolute atomic E-state index is 15.6. The van der Waals surface area contributed by atoms with Crippen LogP contribution in [0.25, 0.3) is 0 Å². The molecule has 0 aromatic heterocycles. The van der Waals surface area contributed by atoms with Crippen LogP contribution in [0.2, 0.25) is 5.02 Å². The zero-order valence-corrected chi connectivity index (χ0v) is 25.0. The van der Waals surface area contributed by atoms with Crippen molar-refractivity contribution in [2.24, 2.45) is 4.99 Å². The number of aliphatic hydroxyl groups is 1. The van der Waals surface area contributed by atoms with Crippen molar-refractivity contribution in [3.63, 3.8) is 0 Å². The van der Waals surface area contributed by atoms with E-state index in [1.807, 2.05) is 26.0 Å². The van der Waals surface area contributed by atoms with Gasteiger partial charge in [0.2, 0.25) is 0 Å². The van der Waals surface area contributed by atoms with Gasteiger partial charge in [-0.2, -0.15) is 0 Å². The lowest BCUT2D eigenvalue weighted by molar-refractivity contribution is 0.0169. The van der Waals surface area contributed by atoms with Gasteiger partial charge in [0, 0.05) is 17.0 Å². The number of nitrogens with zero attached hydrogens (tertiary/aromatic N) is 1. The lowest BCUT2D eigenvalue weighted by Gasteiger charge is -2.16. The van der Waals surface area contributed by atoms with Crippen molar-refractivity contribution in [1.29, 1.82) is 0 Å². The molecular formula is C28H33BrClFN4O5. The van der Waals surface area contributed by atoms with Gasteiger partial charge in [-0.05, 0) is 42.0 Å². The Morgan fingerprint density at radius 2 is 1.93 bits per heavy atom. The summed E-state index contributed by atoms with van der Waals surface area (Å²) in [6.07, 6.45) is 7.58. The van der Waals surface area contributed by atoms with Crippen molar-refractivity contribution in [2.45, 2.75) is 20.3 Å².